The molecule has 0 bridgehead atoms. The van der Waals surface area contributed by atoms with E-state index in [2.05, 4.69) is 71.0 Å². The zero-order valence-corrected chi connectivity index (χ0v) is 16.2. The van der Waals surface area contributed by atoms with Crippen molar-refractivity contribution in [3.8, 4) is 5.69 Å². The number of hydrogen-bond donors (Lipinski definition) is 1. The summed E-state index contributed by atoms with van der Waals surface area (Å²) < 4.78 is 3.89. The number of aryl methyl sites for hydroxylation is 4. The number of aromatic nitrogens is 5. The summed E-state index contributed by atoms with van der Waals surface area (Å²) in [6.45, 7) is 9.25. The van der Waals surface area contributed by atoms with Gasteiger partial charge in [0.2, 0.25) is 0 Å². The molecule has 6 nitrogen and oxygen atoms in total. The average Bonchev–Trinajstić information content (AvgIpc) is 3.30. The van der Waals surface area contributed by atoms with Crippen LogP contribution in [0.1, 0.15) is 35.0 Å². The first kappa shape index (κ1) is 17.3. The van der Waals surface area contributed by atoms with Crippen molar-refractivity contribution in [1.82, 2.24) is 24.1 Å². The van der Waals surface area contributed by atoms with Gasteiger partial charge in [-0.25, -0.2) is 14.6 Å². The van der Waals surface area contributed by atoms with Gasteiger partial charge >= 0.3 is 0 Å². The van der Waals surface area contributed by atoms with E-state index in [4.69, 9.17) is 4.98 Å². The number of anilines is 1. The third-order valence-corrected chi connectivity index (χ3v) is 5.21. The number of rotatable bonds is 5. The second-order valence-electron chi connectivity index (χ2n) is 6.85. The highest BCUT2D eigenvalue weighted by atomic mass is 15.3. The minimum Gasteiger partial charge on any atom is -0.378 e. The fourth-order valence-corrected chi connectivity index (χ4v) is 3.48. The van der Waals surface area contributed by atoms with Crippen LogP contribution in [0.25, 0.3) is 11.3 Å². The van der Waals surface area contributed by atoms with Crippen molar-refractivity contribution in [3.05, 3.63) is 71.2 Å². The molecule has 0 aliphatic carbocycles. The van der Waals surface area contributed by atoms with Gasteiger partial charge in [-0.2, -0.15) is 5.10 Å². The minimum absolute atomic E-state index is 0.761. The summed E-state index contributed by atoms with van der Waals surface area (Å²) in [6, 6.07) is 8.58. The van der Waals surface area contributed by atoms with Crippen LogP contribution in [0.4, 0.5) is 5.69 Å². The number of nitrogens with one attached hydrogen (secondary N) is 1. The van der Waals surface area contributed by atoms with E-state index in [-0.39, 0.29) is 0 Å². The number of benzene rings is 1. The molecule has 0 saturated carbocycles. The van der Waals surface area contributed by atoms with Crippen molar-refractivity contribution < 1.29 is 0 Å². The minimum atomic E-state index is 0.761. The number of nitrogens with zero attached hydrogens (tertiary/aromatic N) is 5. The second kappa shape index (κ2) is 6.87. The van der Waals surface area contributed by atoms with Crippen LogP contribution in [0.3, 0.4) is 0 Å². The molecule has 0 unspecified atom stereocenters. The largest absolute Gasteiger partial charge is 0.378 e. The maximum absolute atomic E-state index is 4.77. The molecule has 3 heterocycles. The molecule has 0 saturated heterocycles. The lowest BCUT2D eigenvalue weighted by atomic mass is 10.00. The van der Waals surface area contributed by atoms with Crippen molar-refractivity contribution in [3.63, 3.8) is 0 Å². The SMILES string of the molecule is CCc1cccc(C)c1CNc1cc(-n2cncn2)cn2c(C)c(C)nc12. The Balaban J connectivity index is 1.78. The lowest BCUT2D eigenvalue weighted by Gasteiger charge is -2.15. The number of pyridine rings is 1. The van der Waals surface area contributed by atoms with Crippen molar-refractivity contribution >= 4 is 11.3 Å². The fourth-order valence-electron chi connectivity index (χ4n) is 3.48. The molecule has 0 amide bonds. The lowest BCUT2D eigenvalue weighted by molar-refractivity contribution is 0.866. The number of hydrogen-bond acceptors (Lipinski definition) is 4. The lowest BCUT2D eigenvalue weighted by Crippen LogP contribution is -2.08. The van der Waals surface area contributed by atoms with Crippen molar-refractivity contribution in [2.45, 2.75) is 40.7 Å². The third-order valence-electron chi connectivity index (χ3n) is 5.21. The van der Waals surface area contributed by atoms with E-state index < -0.39 is 0 Å². The topological polar surface area (TPSA) is 60.0 Å². The second-order valence-corrected chi connectivity index (χ2v) is 6.85. The quantitative estimate of drug-likeness (QED) is 0.584. The van der Waals surface area contributed by atoms with Crippen LogP contribution < -0.4 is 5.32 Å². The Kier molecular flexibility index (Phi) is 4.39. The number of imidazole rings is 1. The van der Waals surface area contributed by atoms with E-state index in [1.165, 1.54) is 16.7 Å². The molecule has 6 heteroatoms. The van der Waals surface area contributed by atoms with Crippen LogP contribution in [0.5, 0.6) is 0 Å². The van der Waals surface area contributed by atoms with Crippen molar-refractivity contribution in [2.75, 3.05) is 5.32 Å². The van der Waals surface area contributed by atoms with Gasteiger partial charge in [0.05, 0.1) is 17.1 Å². The van der Waals surface area contributed by atoms with E-state index >= 15 is 0 Å². The highest BCUT2D eigenvalue weighted by Gasteiger charge is 2.13. The van der Waals surface area contributed by atoms with Crippen LogP contribution in [0, 0.1) is 20.8 Å². The van der Waals surface area contributed by atoms with Gasteiger partial charge in [0.15, 0.2) is 5.65 Å². The van der Waals surface area contributed by atoms with E-state index in [0.717, 1.165) is 41.4 Å². The molecule has 0 atom stereocenters. The first-order chi connectivity index (χ1) is 13.1. The van der Waals surface area contributed by atoms with Gasteiger partial charge in [-0.3, -0.25) is 0 Å². The Morgan fingerprint density at radius 2 is 2.00 bits per heavy atom. The molecule has 27 heavy (non-hydrogen) atoms. The van der Waals surface area contributed by atoms with Crippen LogP contribution in [0.2, 0.25) is 0 Å². The predicted octanol–water partition coefficient (Wildman–Crippen LogP) is 4.01. The highest BCUT2D eigenvalue weighted by molar-refractivity contribution is 5.71. The fraction of sp³-hybridized carbons (Fsp3) is 0.286. The molecule has 0 fully saturated rings. The summed E-state index contributed by atoms with van der Waals surface area (Å²) in [5.74, 6) is 0. The van der Waals surface area contributed by atoms with Crippen LogP contribution >= 0.6 is 0 Å². The molecule has 1 N–H and O–H groups in total. The maximum Gasteiger partial charge on any atom is 0.160 e. The first-order valence-electron chi connectivity index (χ1n) is 9.24. The molecular weight excluding hydrogens is 336 g/mol. The van der Waals surface area contributed by atoms with Crippen molar-refractivity contribution in [1.29, 1.82) is 0 Å². The Bertz CT molecular complexity index is 1090. The molecule has 0 radical (unpaired) electrons. The molecule has 4 aromatic rings. The molecule has 1 aromatic carbocycles. The Hall–Kier alpha value is -3.15. The van der Waals surface area contributed by atoms with Gasteiger partial charge in [0.1, 0.15) is 12.7 Å². The molecule has 3 aromatic heterocycles. The molecule has 4 rings (SSSR count). The summed E-state index contributed by atoms with van der Waals surface area (Å²) in [5, 5.41) is 7.89. The summed E-state index contributed by atoms with van der Waals surface area (Å²) >= 11 is 0. The van der Waals surface area contributed by atoms with Crippen LogP contribution in [0.15, 0.2) is 43.1 Å². The predicted molar refractivity (Wildman–Crippen MR) is 107 cm³/mol. The van der Waals surface area contributed by atoms with Gasteiger partial charge < -0.3 is 9.72 Å². The molecule has 0 aliphatic rings. The van der Waals surface area contributed by atoms with Gasteiger partial charge in [-0.05, 0) is 49.9 Å². The summed E-state index contributed by atoms with van der Waals surface area (Å²) in [7, 11) is 0. The monoisotopic (exact) mass is 360 g/mol. The van der Waals surface area contributed by atoms with Crippen LogP contribution in [-0.2, 0) is 13.0 Å². The highest BCUT2D eigenvalue weighted by Crippen LogP contribution is 2.25. The smallest absolute Gasteiger partial charge is 0.160 e. The van der Waals surface area contributed by atoms with E-state index in [1.807, 2.05) is 6.92 Å². The summed E-state index contributed by atoms with van der Waals surface area (Å²) in [6.07, 6.45) is 6.33. The van der Waals surface area contributed by atoms with Crippen molar-refractivity contribution in [2.24, 2.45) is 0 Å². The zero-order valence-electron chi connectivity index (χ0n) is 16.2. The first-order valence-corrected chi connectivity index (χ1v) is 9.24. The Morgan fingerprint density at radius 3 is 2.74 bits per heavy atom. The Morgan fingerprint density at radius 1 is 1.15 bits per heavy atom. The average molecular weight is 360 g/mol. The molecular formula is C21H24N6. The zero-order chi connectivity index (χ0) is 19.0. The van der Waals surface area contributed by atoms with Gasteiger partial charge in [-0.15, -0.1) is 0 Å². The van der Waals surface area contributed by atoms with E-state index in [0.29, 0.717) is 0 Å². The van der Waals surface area contributed by atoms with Gasteiger partial charge in [-0.1, -0.05) is 25.1 Å². The normalized spacial score (nSPS) is 11.3. The standard InChI is InChI=1S/C21H24N6/c1-5-17-8-6-7-14(2)19(17)10-23-20-9-18(27-13-22-12-24-27)11-26-16(4)15(3)25-21(20)26/h6-9,11-13,23H,5,10H2,1-4H3. The number of fused-ring (bicyclic) bond motifs is 1. The summed E-state index contributed by atoms with van der Waals surface area (Å²) in [5.41, 5.74) is 9.06. The van der Waals surface area contributed by atoms with Gasteiger partial charge in [0.25, 0.3) is 0 Å². The van der Waals surface area contributed by atoms with Gasteiger partial charge in [0, 0.05) is 18.4 Å². The summed E-state index contributed by atoms with van der Waals surface area (Å²) in [4.78, 5) is 8.84. The van der Waals surface area contributed by atoms with Crippen LogP contribution in [-0.4, -0.2) is 24.1 Å². The third kappa shape index (κ3) is 3.07. The molecule has 0 spiro atoms. The van der Waals surface area contributed by atoms with E-state index in [9.17, 15) is 0 Å². The molecule has 138 valence electrons. The Labute approximate surface area is 158 Å². The maximum atomic E-state index is 4.77. The van der Waals surface area contributed by atoms with E-state index in [1.54, 1.807) is 17.3 Å². The molecule has 0 aliphatic heterocycles.